The molecule has 2 aliphatic heterocycles. The fourth-order valence-electron chi connectivity index (χ4n) is 9.39. The summed E-state index contributed by atoms with van der Waals surface area (Å²) in [6.07, 6.45) is 5.40. The van der Waals surface area contributed by atoms with Gasteiger partial charge in [0.05, 0.1) is 34.5 Å². The lowest BCUT2D eigenvalue weighted by molar-refractivity contribution is -0.127. The molecule has 0 aromatic heterocycles. The van der Waals surface area contributed by atoms with E-state index >= 15 is 4.79 Å². The maximum Gasteiger partial charge on any atom is 0.246 e. The first-order valence-corrected chi connectivity index (χ1v) is 17.9. The van der Waals surface area contributed by atoms with Crippen molar-refractivity contribution in [3.63, 3.8) is 0 Å². The van der Waals surface area contributed by atoms with E-state index < -0.39 is 46.8 Å². The van der Waals surface area contributed by atoms with Crippen molar-refractivity contribution in [3.05, 3.63) is 149 Å². The number of fused-ring (bicyclic) bond motifs is 4. The predicted octanol–water partition coefficient (Wildman–Crippen LogP) is 7.70. The van der Waals surface area contributed by atoms with Crippen LogP contribution in [0.5, 0.6) is 5.75 Å². The van der Waals surface area contributed by atoms with Crippen molar-refractivity contribution in [2.45, 2.75) is 43.9 Å². The molecule has 4 aromatic rings. The van der Waals surface area contributed by atoms with Crippen molar-refractivity contribution in [1.82, 2.24) is 0 Å². The summed E-state index contributed by atoms with van der Waals surface area (Å²) < 4.78 is 0. The summed E-state index contributed by atoms with van der Waals surface area (Å²) in [7, 11) is 0. The normalized spacial score (nSPS) is 26.9. The zero-order valence-electron chi connectivity index (χ0n) is 28.2. The molecule has 8 rings (SSSR count). The van der Waals surface area contributed by atoms with Gasteiger partial charge in [-0.15, -0.1) is 6.58 Å². The number of halogens is 1. The number of phenols is 1. The summed E-state index contributed by atoms with van der Waals surface area (Å²) >= 11 is 6.41. The second-order valence-corrected chi connectivity index (χ2v) is 14.4. The van der Waals surface area contributed by atoms with E-state index in [9.17, 15) is 19.5 Å². The van der Waals surface area contributed by atoms with Crippen molar-refractivity contribution in [2.75, 3.05) is 9.80 Å². The molecule has 6 atom stereocenters. The van der Waals surface area contributed by atoms with Gasteiger partial charge in [-0.25, -0.2) is 4.90 Å². The Morgan fingerprint density at radius 1 is 0.843 bits per heavy atom. The molecule has 0 radical (unpaired) electrons. The van der Waals surface area contributed by atoms with Crippen molar-refractivity contribution in [3.8, 4) is 5.75 Å². The van der Waals surface area contributed by atoms with Gasteiger partial charge in [0.15, 0.2) is 0 Å². The third-order valence-corrected chi connectivity index (χ3v) is 11.8. The average Bonchev–Trinajstić information content (AvgIpc) is 3.53. The molecule has 4 aromatic carbocycles. The standard InChI is InChI=1S/C43H37ClN2O5/c1-3-10-26-11-8-16-33(38(26)47)37-31-21-22-32-36(41(50)45(39(32)48)29-19-17-25(4-2)18-20-29)34(31)24-35-40(49)46(30-15-9-14-28(44)23-30)42(51)43(35,37)27-12-6-5-7-13-27/h3,5-9,11-21,23,32,34-37,47H,1,4,10,22,24H2,2H3/t32-,34+,35-,36-,37+,43+/m0/s1. The highest BCUT2D eigenvalue weighted by atomic mass is 35.5. The lowest BCUT2D eigenvalue weighted by Crippen LogP contribution is -2.53. The number of aromatic hydroxyl groups is 1. The number of nitrogens with zero attached hydrogens (tertiary/aromatic N) is 2. The number of carbonyl (C=O) groups excluding carboxylic acids is 4. The van der Waals surface area contributed by atoms with Crippen LogP contribution in [0.2, 0.25) is 5.02 Å². The fraction of sp³-hybridized carbons (Fsp3) is 0.256. The Balaban J connectivity index is 1.35. The van der Waals surface area contributed by atoms with E-state index in [1.807, 2.05) is 85.8 Å². The minimum absolute atomic E-state index is 0.0213. The third-order valence-electron chi connectivity index (χ3n) is 11.6. The number of amides is 4. The number of benzene rings is 4. The number of aryl methyl sites for hydroxylation is 1. The molecule has 256 valence electrons. The number of hydrogen-bond donors (Lipinski definition) is 1. The predicted molar refractivity (Wildman–Crippen MR) is 196 cm³/mol. The Hall–Kier alpha value is -5.27. The third kappa shape index (κ3) is 4.78. The molecular weight excluding hydrogens is 660 g/mol. The van der Waals surface area contributed by atoms with E-state index in [4.69, 9.17) is 11.6 Å². The van der Waals surface area contributed by atoms with Crippen LogP contribution in [0, 0.1) is 23.7 Å². The van der Waals surface area contributed by atoms with Crippen LogP contribution in [0.4, 0.5) is 11.4 Å². The molecule has 1 N–H and O–H groups in total. The Morgan fingerprint density at radius 3 is 2.29 bits per heavy atom. The molecule has 2 aliphatic carbocycles. The molecule has 0 bridgehead atoms. The van der Waals surface area contributed by atoms with Gasteiger partial charge in [-0.3, -0.25) is 24.1 Å². The number of allylic oxidation sites excluding steroid dienone is 3. The van der Waals surface area contributed by atoms with Gasteiger partial charge in [0.1, 0.15) is 5.75 Å². The second kappa shape index (κ2) is 12.5. The van der Waals surface area contributed by atoms with Crippen molar-refractivity contribution < 1.29 is 24.3 Å². The summed E-state index contributed by atoms with van der Waals surface area (Å²) in [5.41, 5.74) is 3.07. The maximum atomic E-state index is 15.4. The Kier molecular flexibility index (Phi) is 8.06. The molecule has 4 aliphatic rings. The number of imide groups is 2. The molecule has 51 heavy (non-hydrogen) atoms. The Bertz CT molecular complexity index is 2140. The SMILES string of the molecule is C=CCc1cccc([C@H]2C3=CC[C@@H]4C(=O)N(c5ccc(CC)cc5)C(=O)[C@@H]4[C@@H]3C[C@H]3C(=O)N(c4cccc(Cl)c4)C(=O)[C@@]23c2ccccc2)c1O. The van der Waals surface area contributed by atoms with E-state index in [1.165, 1.54) is 9.80 Å². The molecular formula is C43H37ClN2O5. The number of para-hydroxylation sites is 1. The van der Waals surface area contributed by atoms with Crippen molar-refractivity contribution >= 4 is 46.6 Å². The highest BCUT2D eigenvalue weighted by molar-refractivity contribution is 6.32. The maximum absolute atomic E-state index is 15.4. The van der Waals surface area contributed by atoms with Crippen LogP contribution in [0.1, 0.15) is 47.9 Å². The molecule has 4 amide bonds. The first-order valence-electron chi connectivity index (χ1n) is 17.5. The molecule has 7 nitrogen and oxygen atoms in total. The lowest BCUT2D eigenvalue weighted by Gasteiger charge is -2.50. The Labute approximate surface area is 301 Å². The zero-order chi connectivity index (χ0) is 35.6. The number of phenolic OH excluding ortho intramolecular Hbond substituents is 1. The summed E-state index contributed by atoms with van der Waals surface area (Å²) in [4.78, 5) is 61.5. The highest BCUT2D eigenvalue weighted by Crippen LogP contribution is 2.65. The van der Waals surface area contributed by atoms with Gasteiger partial charge in [-0.1, -0.05) is 103 Å². The van der Waals surface area contributed by atoms with E-state index in [0.717, 1.165) is 17.6 Å². The van der Waals surface area contributed by atoms with Gasteiger partial charge >= 0.3 is 0 Å². The van der Waals surface area contributed by atoms with Crippen molar-refractivity contribution in [1.29, 1.82) is 0 Å². The number of rotatable bonds is 7. The molecule has 0 unspecified atom stereocenters. The molecule has 2 heterocycles. The van der Waals surface area contributed by atoms with Gasteiger partial charge < -0.3 is 5.11 Å². The summed E-state index contributed by atoms with van der Waals surface area (Å²) in [5.74, 6) is -4.98. The quantitative estimate of drug-likeness (QED) is 0.158. The van der Waals surface area contributed by atoms with Crippen LogP contribution in [-0.4, -0.2) is 28.7 Å². The lowest BCUT2D eigenvalue weighted by atomic mass is 9.49. The van der Waals surface area contributed by atoms with Gasteiger partial charge in [-0.2, -0.15) is 0 Å². The fourth-order valence-corrected chi connectivity index (χ4v) is 9.57. The number of anilines is 2. The van der Waals surface area contributed by atoms with Crippen LogP contribution >= 0.6 is 11.6 Å². The molecule has 8 heteroatoms. The average molecular weight is 697 g/mol. The smallest absolute Gasteiger partial charge is 0.246 e. The topological polar surface area (TPSA) is 95.0 Å². The Morgan fingerprint density at radius 2 is 1.59 bits per heavy atom. The van der Waals surface area contributed by atoms with Crippen LogP contribution in [0.25, 0.3) is 0 Å². The first-order chi connectivity index (χ1) is 24.7. The van der Waals surface area contributed by atoms with Gasteiger partial charge in [0, 0.05) is 16.5 Å². The number of hydrogen-bond acceptors (Lipinski definition) is 5. The second-order valence-electron chi connectivity index (χ2n) is 14.0. The first kappa shape index (κ1) is 32.9. The minimum atomic E-state index is -1.47. The van der Waals surface area contributed by atoms with E-state index in [-0.39, 0.29) is 24.0 Å². The van der Waals surface area contributed by atoms with Crippen LogP contribution in [0.15, 0.2) is 121 Å². The summed E-state index contributed by atoms with van der Waals surface area (Å²) in [5, 5.41) is 12.4. The molecule has 0 spiro atoms. The number of carbonyl (C=O) groups is 4. The van der Waals surface area contributed by atoms with E-state index in [1.54, 1.807) is 30.3 Å². The highest BCUT2D eigenvalue weighted by Gasteiger charge is 2.70. The van der Waals surface area contributed by atoms with Gasteiger partial charge in [-0.05, 0) is 78.6 Å². The molecule has 1 saturated carbocycles. The van der Waals surface area contributed by atoms with Crippen molar-refractivity contribution in [2.24, 2.45) is 23.7 Å². The van der Waals surface area contributed by atoms with Gasteiger partial charge in [0.25, 0.3) is 0 Å². The van der Waals surface area contributed by atoms with E-state index in [0.29, 0.717) is 45.9 Å². The van der Waals surface area contributed by atoms with Crippen LogP contribution in [0.3, 0.4) is 0 Å². The van der Waals surface area contributed by atoms with E-state index in [2.05, 4.69) is 6.58 Å². The van der Waals surface area contributed by atoms with Crippen LogP contribution in [-0.2, 0) is 37.4 Å². The largest absolute Gasteiger partial charge is 0.507 e. The van der Waals surface area contributed by atoms with Crippen LogP contribution < -0.4 is 9.80 Å². The molecule has 3 fully saturated rings. The van der Waals surface area contributed by atoms with Gasteiger partial charge in [0.2, 0.25) is 23.6 Å². The summed E-state index contributed by atoms with van der Waals surface area (Å²) in [6.45, 7) is 5.92. The zero-order valence-corrected chi connectivity index (χ0v) is 28.9. The summed E-state index contributed by atoms with van der Waals surface area (Å²) in [6, 6.07) is 29.0. The minimum Gasteiger partial charge on any atom is -0.507 e. The monoisotopic (exact) mass is 696 g/mol. The molecule has 2 saturated heterocycles.